The summed E-state index contributed by atoms with van der Waals surface area (Å²) in [6.07, 6.45) is 1.45. The zero-order valence-electron chi connectivity index (χ0n) is 8.47. The van der Waals surface area contributed by atoms with Gasteiger partial charge in [-0.1, -0.05) is 6.92 Å². The second kappa shape index (κ2) is 9.48. The van der Waals surface area contributed by atoms with E-state index in [1.165, 1.54) is 0 Å². The molecule has 0 aliphatic carbocycles. The van der Waals surface area contributed by atoms with Gasteiger partial charge in [-0.05, 0) is 6.42 Å². The van der Waals surface area contributed by atoms with Gasteiger partial charge in [0.2, 0.25) is 5.91 Å². The third-order valence-electron chi connectivity index (χ3n) is 1.47. The van der Waals surface area contributed by atoms with E-state index in [1.807, 2.05) is 0 Å². The van der Waals surface area contributed by atoms with Gasteiger partial charge in [-0.15, -0.1) is 0 Å². The van der Waals surface area contributed by atoms with E-state index in [9.17, 15) is 4.79 Å². The molecule has 0 saturated heterocycles. The standard InChI is InChI=1S/C9H19NO3/c1-3-5-12-7-8-13-6-4-9(11)10-2/h3-8H2,1-2H3,(H,10,11). The predicted molar refractivity (Wildman–Crippen MR) is 50.6 cm³/mol. The third kappa shape index (κ3) is 9.30. The van der Waals surface area contributed by atoms with E-state index < -0.39 is 0 Å². The summed E-state index contributed by atoms with van der Waals surface area (Å²) in [6.45, 7) is 4.49. The van der Waals surface area contributed by atoms with Crippen LogP contribution in [0, 0.1) is 0 Å². The molecule has 1 N–H and O–H groups in total. The van der Waals surface area contributed by atoms with Crippen molar-refractivity contribution < 1.29 is 14.3 Å². The third-order valence-corrected chi connectivity index (χ3v) is 1.47. The molecule has 0 aliphatic rings. The van der Waals surface area contributed by atoms with Crippen molar-refractivity contribution in [1.82, 2.24) is 5.32 Å². The van der Waals surface area contributed by atoms with Crippen molar-refractivity contribution in [2.75, 3.05) is 33.5 Å². The molecule has 0 radical (unpaired) electrons. The second-order valence-corrected chi connectivity index (χ2v) is 2.65. The summed E-state index contributed by atoms with van der Waals surface area (Å²) in [6, 6.07) is 0. The molecule has 78 valence electrons. The van der Waals surface area contributed by atoms with Crippen molar-refractivity contribution in [2.45, 2.75) is 19.8 Å². The van der Waals surface area contributed by atoms with Gasteiger partial charge >= 0.3 is 0 Å². The van der Waals surface area contributed by atoms with Crippen LogP contribution in [0.25, 0.3) is 0 Å². The largest absolute Gasteiger partial charge is 0.379 e. The molecular formula is C9H19NO3. The first kappa shape index (κ1) is 12.4. The molecule has 0 fully saturated rings. The molecule has 1 amide bonds. The fourth-order valence-corrected chi connectivity index (χ4v) is 0.756. The van der Waals surface area contributed by atoms with Crippen molar-refractivity contribution in [3.63, 3.8) is 0 Å². The maximum absolute atomic E-state index is 10.7. The molecule has 0 aromatic heterocycles. The summed E-state index contributed by atoms with van der Waals surface area (Å²) in [5, 5.41) is 2.53. The Labute approximate surface area is 79.6 Å². The van der Waals surface area contributed by atoms with Gasteiger partial charge in [0.1, 0.15) is 0 Å². The lowest BCUT2D eigenvalue weighted by molar-refractivity contribution is -0.121. The average Bonchev–Trinajstić information content (AvgIpc) is 2.16. The maximum atomic E-state index is 10.7. The Bertz CT molecular complexity index is 128. The van der Waals surface area contributed by atoms with Gasteiger partial charge in [-0.2, -0.15) is 0 Å². The first-order valence-corrected chi connectivity index (χ1v) is 4.67. The van der Waals surface area contributed by atoms with Gasteiger partial charge in [0.05, 0.1) is 19.8 Å². The summed E-state index contributed by atoms with van der Waals surface area (Å²) in [5.74, 6) is 0.00877. The molecule has 0 aromatic carbocycles. The second-order valence-electron chi connectivity index (χ2n) is 2.65. The van der Waals surface area contributed by atoms with E-state index in [0.29, 0.717) is 26.2 Å². The monoisotopic (exact) mass is 189 g/mol. The molecule has 0 saturated carbocycles. The molecule has 4 heteroatoms. The highest BCUT2D eigenvalue weighted by atomic mass is 16.5. The fourth-order valence-electron chi connectivity index (χ4n) is 0.756. The highest BCUT2D eigenvalue weighted by Gasteiger charge is 1.96. The minimum Gasteiger partial charge on any atom is -0.379 e. The molecule has 0 aromatic rings. The highest BCUT2D eigenvalue weighted by molar-refractivity contribution is 5.75. The van der Waals surface area contributed by atoms with Gasteiger partial charge in [-0.25, -0.2) is 0 Å². The molecule has 0 bridgehead atoms. The molecular weight excluding hydrogens is 170 g/mol. The van der Waals surface area contributed by atoms with Crippen molar-refractivity contribution in [1.29, 1.82) is 0 Å². The quantitative estimate of drug-likeness (QED) is 0.568. The summed E-state index contributed by atoms with van der Waals surface area (Å²) >= 11 is 0. The van der Waals surface area contributed by atoms with Crippen LogP contribution in [0.5, 0.6) is 0 Å². The van der Waals surface area contributed by atoms with Gasteiger partial charge in [0.15, 0.2) is 0 Å². The number of carbonyl (C=O) groups excluding carboxylic acids is 1. The van der Waals surface area contributed by atoms with Crippen LogP contribution in [0.1, 0.15) is 19.8 Å². The fraction of sp³-hybridized carbons (Fsp3) is 0.889. The molecule has 13 heavy (non-hydrogen) atoms. The molecule has 0 unspecified atom stereocenters. The molecule has 0 aliphatic heterocycles. The lowest BCUT2D eigenvalue weighted by atomic mass is 10.4. The van der Waals surface area contributed by atoms with Crippen LogP contribution in [0.15, 0.2) is 0 Å². The van der Waals surface area contributed by atoms with Crippen LogP contribution >= 0.6 is 0 Å². The predicted octanol–water partition coefficient (Wildman–Crippen LogP) is 0.566. The highest BCUT2D eigenvalue weighted by Crippen LogP contribution is 1.84. The number of amides is 1. The van der Waals surface area contributed by atoms with Crippen LogP contribution in [-0.4, -0.2) is 39.4 Å². The summed E-state index contributed by atoms with van der Waals surface area (Å²) in [7, 11) is 1.62. The van der Waals surface area contributed by atoms with Gasteiger partial charge < -0.3 is 14.8 Å². The summed E-state index contributed by atoms with van der Waals surface area (Å²) in [4.78, 5) is 10.7. The molecule has 0 heterocycles. The number of rotatable bonds is 8. The molecule has 0 rings (SSSR count). The Hall–Kier alpha value is -0.610. The van der Waals surface area contributed by atoms with E-state index in [2.05, 4.69) is 12.2 Å². The van der Waals surface area contributed by atoms with Crippen molar-refractivity contribution in [3.8, 4) is 0 Å². The first-order chi connectivity index (χ1) is 6.31. The molecule has 0 spiro atoms. The van der Waals surface area contributed by atoms with E-state index in [-0.39, 0.29) is 5.91 Å². The van der Waals surface area contributed by atoms with E-state index in [0.717, 1.165) is 13.0 Å². The number of hydrogen-bond donors (Lipinski definition) is 1. The van der Waals surface area contributed by atoms with Crippen molar-refractivity contribution >= 4 is 5.91 Å². The van der Waals surface area contributed by atoms with Gasteiger partial charge in [0, 0.05) is 20.1 Å². The zero-order chi connectivity index (χ0) is 9.94. The Morgan fingerprint density at radius 3 is 2.31 bits per heavy atom. The first-order valence-electron chi connectivity index (χ1n) is 4.67. The Morgan fingerprint density at radius 1 is 1.15 bits per heavy atom. The Balaban J connectivity index is 2.95. The minimum atomic E-state index is 0.00877. The van der Waals surface area contributed by atoms with Crippen molar-refractivity contribution in [2.24, 2.45) is 0 Å². The Morgan fingerprint density at radius 2 is 1.77 bits per heavy atom. The van der Waals surface area contributed by atoms with E-state index in [4.69, 9.17) is 9.47 Å². The minimum absolute atomic E-state index is 0.00877. The number of nitrogens with one attached hydrogen (secondary N) is 1. The van der Waals surface area contributed by atoms with Crippen LogP contribution in [0.2, 0.25) is 0 Å². The van der Waals surface area contributed by atoms with Crippen LogP contribution in [-0.2, 0) is 14.3 Å². The van der Waals surface area contributed by atoms with Gasteiger partial charge in [0.25, 0.3) is 0 Å². The average molecular weight is 189 g/mol. The zero-order valence-corrected chi connectivity index (χ0v) is 8.47. The van der Waals surface area contributed by atoms with Crippen LogP contribution < -0.4 is 5.32 Å². The summed E-state index contributed by atoms with van der Waals surface area (Å²) in [5.41, 5.74) is 0. The normalized spacial score (nSPS) is 10.0. The maximum Gasteiger partial charge on any atom is 0.222 e. The number of ether oxygens (including phenoxy) is 2. The number of hydrogen-bond acceptors (Lipinski definition) is 3. The van der Waals surface area contributed by atoms with E-state index in [1.54, 1.807) is 7.05 Å². The topological polar surface area (TPSA) is 47.6 Å². The summed E-state index contributed by atoms with van der Waals surface area (Å²) < 4.78 is 10.4. The van der Waals surface area contributed by atoms with E-state index >= 15 is 0 Å². The van der Waals surface area contributed by atoms with Crippen molar-refractivity contribution in [3.05, 3.63) is 0 Å². The molecule has 0 atom stereocenters. The van der Waals surface area contributed by atoms with Crippen LogP contribution in [0.3, 0.4) is 0 Å². The lowest BCUT2D eigenvalue weighted by Crippen LogP contribution is -2.19. The molecule has 4 nitrogen and oxygen atoms in total. The van der Waals surface area contributed by atoms with Crippen LogP contribution in [0.4, 0.5) is 0 Å². The van der Waals surface area contributed by atoms with Gasteiger partial charge in [-0.3, -0.25) is 4.79 Å². The smallest absolute Gasteiger partial charge is 0.222 e. The lowest BCUT2D eigenvalue weighted by Gasteiger charge is -2.04. The number of carbonyl (C=O) groups is 1. The SMILES string of the molecule is CCCOCCOCCC(=O)NC. The Kier molecular flexibility index (Phi) is 9.03.